The number of benzene rings is 1. The molecular weight excluding hydrogens is 504 g/mol. The van der Waals surface area contributed by atoms with Crippen LogP contribution >= 0.6 is 0 Å². The molecular formula is C38H64O3. The summed E-state index contributed by atoms with van der Waals surface area (Å²) in [6.45, 7) is 26.0. The number of hydrogen-bond acceptors (Lipinski definition) is 3. The molecule has 234 valence electrons. The quantitative estimate of drug-likeness (QED) is 0.210. The highest BCUT2D eigenvalue weighted by Crippen LogP contribution is 2.41. The van der Waals surface area contributed by atoms with Crippen LogP contribution in [0.3, 0.4) is 0 Å². The monoisotopic (exact) mass is 568 g/mol. The van der Waals surface area contributed by atoms with Crippen LogP contribution in [-0.4, -0.2) is 17.3 Å². The van der Waals surface area contributed by atoms with E-state index in [0.29, 0.717) is 24.0 Å². The molecule has 4 unspecified atom stereocenters. The van der Waals surface area contributed by atoms with Gasteiger partial charge in [0, 0.05) is 17.9 Å². The van der Waals surface area contributed by atoms with Gasteiger partial charge in [0.05, 0.1) is 6.42 Å². The Hall–Kier alpha value is -1.77. The summed E-state index contributed by atoms with van der Waals surface area (Å²) in [5, 5.41) is 0. The van der Waals surface area contributed by atoms with E-state index in [1.54, 1.807) is 0 Å². The average Bonchev–Trinajstić information content (AvgIpc) is 2.85. The molecule has 4 atom stereocenters. The maximum Gasteiger partial charge on any atom is 0.163 e. The molecule has 1 aliphatic carbocycles. The Kier molecular flexibility index (Phi) is 15.8. The molecule has 0 fully saturated rings. The minimum Gasteiger partial charge on any atom is -0.300 e. The van der Waals surface area contributed by atoms with Crippen LogP contribution in [0.2, 0.25) is 0 Å². The summed E-state index contributed by atoms with van der Waals surface area (Å²) in [5.74, 6) is 1.77. The van der Waals surface area contributed by atoms with E-state index < -0.39 is 0 Å². The van der Waals surface area contributed by atoms with Crippen LogP contribution in [0.25, 0.3) is 0 Å². The van der Waals surface area contributed by atoms with Crippen molar-refractivity contribution >= 4 is 17.3 Å². The molecule has 0 bridgehead atoms. The lowest BCUT2D eigenvalue weighted by atomic mass is 9.70. The van der Waals surface area contributed by atoms with E-state index in [2.05, 4.69) is 82.2 Å². The van der Waals surface area contributed by atoms with E-state index in [4.69, 9.17) is 0 Å². The Bertz CT molecular complexity index is 994. The van der Waals surface area contributed by atoms with Crippen LogP contribution in [0.4, 0.5) is 0 Å². The SMILES string of the molecule is CCC.CCCC(CC1CC(=O)c2c(C)c(CCC(CC)C(C)(C)C)cc(C(C)C)c2C1)C(CC)C(=O)CC(C)=O. The van der Waals surface area contributed by atoms with Crippen molar-refractivity contribution in [1.29, 1.82) is 0 Å². The van der Waals surface area contributed by atoms with E-state index in [-0.39, 0.29) is 41.2 Å². The minimum absolute atomic E-state index is 0.0404. The zero-order chi connectivity index (χ0) is 31.5. The number of carbonyl (C=O) groups excluding carboxylic acids is 3. The number of aryl methyl sites for hydroxylation is 1. The summed E-state index contributed by atoms with van der Waals surface area (Å²) in [7, 11) is 0. The predicted molar refractivity (Wildman–Crippen MR) is 176 cm³/mol. The van der Waals surface area contributed by atoms with E-state index >= 15 is 0 Å². The molecule has 0 aliphatic heterocycles. The summed E-state index contributed by atoms with van der Waals surface area (Å²) < 4.78 is 0. The predicted octanol–water partition coefficient (Wildman–Crippen LogP) is 10.7. The van der Waals surface area contributed by atoms with Crippen molar-refractivity contribution in [2.24, 2.45) is 29.1 Å². The lowest BCUT2D eigenvalue weighted by Gasteiger charge is -2.34. The van der Waals surface area contributed by atoms with Crippen molar-refractivity contribution in [3.63, 3.8) is 0 Å². The van der Waals surface area contributed by atoms with Crippen LogP contribution in [0.15, 0.2) is 6.07 Å². The molecule has 1 aromatic rings. The second-order valence-electron chi connectivity index (χ2n) is 14.3. The van der Waals surface area contributed by atoms with Gasteiger partial charge in [0.25, 0.3) is 0 Å². The molecule has 3 nitrogen and oxygen atoms in total. The lowest BCUT2D eigenvalue weighted by Crippen LogP contribution is -2.30. The molecule has 0 radical (unpaired) electrons. The average molecular weight is 569 g/mol. The Labute approximate surface area is 254 Å². The third kappa shape index (κ3) is 10.8. The van der Waals surface area contributed by atoms with Crippen LogP contribution in [-0.2, 0) is 22.4 Å². The smallest absolute Gasteiger partial charge is 0.163 e. The zero-order valence-electron chi connectivity index (χ0n) is 29.0. The van der Waals surface area contributed by atoms with Crippen LogP contribution in [0.5, 0.6) is 0 Å². The summed E-state index contributed by atoms with van der Waals surface area (Å²) in [4.78, 5) is 38.4. The first-order chi connectivity index (χ1) is 19.2. The molecule has 1 aromatic carbocycles. The summed E-state index contributed by atoms with van der Waals surface area (Å²) in [5.41, 5.74) is 6.45. The van der Waals surface area contributed by atoms with E-state index in [9.17, 15) is 14.4 Å². The number of hydrogen-bond donors (Lipinski definition) is 0. The standard InChI is InChI=1S/C35H56O3.C3H8/c1-11-14-27(29(13-3)32(37)17-23(6)36)18-25-19-31-30(22(4)5)21-26(24(7)34(31)33(38)20-25)15-16-28(12-2)35(8,9)10;1-3-2/h21-22,25,27-29H,11-20H2,1-10H3;3H2,1-2H3. The van der Waals surface area contributed by atoms with Gasteiger partial charge in [-0.3, -0.25) is 14.4 Å². The molecule has 0 spiro atoms. The first-order valence-electron chi connectivity index (χ1n) is 16.9. The van der Waals surface area contributed by atoms with Crippen molar-refractivity contribution < 1.29 is 14.4 Å². The van der Waals surface area contributed by atoms with E-state index in [0.717, 1.165) is 50.5 Å². The van der Waals surface area contributed by atoms with Crippen LogP contribution in [0.1, 0.15) is 172 Å². The molecule has 0 saturated carbocycles. The number of fused-ring (bicyclic) bond motifs is 1. The van der Waals surface area contributed by atoms with Crippen molar-refractivity contribution in [3.8, 4) is 0 Å². The van der Waals surface area contributed by atoms with E-state index in [1.807, 2.05) is 0 Å². The Morgan fingerprint density at radius 3 is 2.05 bits per heavy atom. The molecule has 1 aliphatic rings. The minimum atomic E-state index is -0.0849. The van der Waals surface area contributed by atoms with Gasteiger partial charge in [-0.1, -0.05) is 101 Å². The second kappa shape index (κ2) is 17.4. The highest BCUT2D eigenvalue weighted by molar-refractivity contribution is 6.01. The first-order valence-corrected chi connectivity index (χ1v) is 16.9. The van der Waals surface area contributed by atoms with Gasteiger partial charge in [-0.15, -0.1) is 0 Å². The summed E-state index contributed by atoms with van der Waals surface area (Å²) in [6.07, 6.45) is 9.79. The lowest BCUT2D eigenvalue weighted by molar-refractivity contribution is -0.129. The molecule has 3 heteroatoms. The summed E-state index contributed by atoms with van der Waals surface area (Å²) in [6, 6.07) is 2.42. The normalized spacial score (nSPS) is 17.4. The van der Waals surface area contributed by atoms with Gasteiger partial charge in [0.1, 0.15) is 11.6 Å². The van der Waals surface area contributed by atoms with Gasteiger partial charge in [-0.25, -0.2) is 0 Å². The van der Waals surface area contributed by atoms with Crippen molar-refractivity contribution in [2.75, 3.05) is 0 Å². The second-order valence-corrected chi connectivity index (χ2v) is 14.3. The van der Waals surface area contributed by atoms with Crippen LogP contribution in [0, 0.1) is 36.0 Å². The molecule has 41 heavy (non-hydrogen) atoms. The molecule has 2 rings (SSSR count). The van der Waals surface area contributed by atoms with Gasteiger partial charge in [0.2, 0.25) is 0 Å². The van der Waals surface area contributed by atoms with Crippen molar-refractivity contribution in [1.82, 2.24) is 0 Å². The fourth-order valence-electron chi connectivity index (χ4n) is 7.24. The highest BCUT2D eigenvalue weighted by atomic mass is 16.1. The molecule has 0 heterocycles. The Balaban J connectivity index is 0.00000268. The molecule has 0 amide bonds. The maximum absolute atomic E-state index is 13.7. The number of ketones is 3. The number of carbonyl (C=O) groups is 3. The van der Waals surface area contributed by atoms with Gasteiger partial charge in [-0.2, -0.15) is 0 Å². The van der Waals surface area contributed by atoms with Gasteiger partial charge in [-0.05, 0) is 97.3 Å². The molecule has 0 saturated heterocycles. The Morgan fingerprint density at radius 2 is 1.59 bits per heavy atom. The largest absolute Gasteiger partial charge is 0.300 e. The fourth-order valence-corrected chi connectivity index (χ4v) is 7.24. The zero-order valence-corrected chi connectivity index (χ0v) is 29.0. The Morgan fingerprint density at radius 1 is 0.976 bits per heavy atom. The molecule has 0 aromatic heterocycles. The number of rotatable bonds is 14. The first kappa shape index (κ1) is 37.3. The fraction of sp³-hybridized carbons (Fsp3) is 0.763. The highest BCUT2D eigenvalue weighted by Gasteiger charge is 2.35. The van der Waals surface area contributed by atoms with Gasteiger partial charge in [0.15, 0.2) is 5.78 Å². The van der Waals surface area contributed by atoms with E-state index in [1.165, 1.54) is 42.0 Å². The van der Waals surface area contributed by atoms with Gasteiger partial charge >= 0.3 is 0 Å². The number of Topliss-reactive ketones (excluding diaryl/α,β-unsaturated/α-hetero) is 3. The van der Waals surface area contributed by atoms with Crippen LogP contribution < -0.4 is 0 Å². The molecule has 0 N–H and O–H groups in total. The van der Waals surface area contributed by atoms with Crippen molar-refractivity contribution in [2.45, 2.75) is 160 Å². The maximum atomic E-state index is 13.7. The van der Waals surface area contributed by atoms with Crippen molar-refractivity contribution in [3.05, 3.63) is 33.9 Å². The third-order valence-electron chi connectivity index (χ3n) is 9.33. The van der Waals surface area contributed by atoms with Gasteiger partial charge < -0.3 is 0 Å². The summed E-state index contributed by atoms with van der Waals surface area (Å²) >= 11 is 0. The third-order valence-corrected chi connectivity index (χ3v) is 9.33. The topological polar surface area (TPSA) is 51.2 Å².